The van der Waals surface area contributed by atoms with E-state index in [1.807, 2.05) is 6.92 Å². The Balaban J connectivity index is 3.51. The Morgan fingerprint density at radius 3 is 2.09 bits per heavy atom. The van der Waals surface area contributed by atoms with Crippen LogP contribution in [-0.2, 0) is 4.74 Å². The maximum atomic E-state index is 5.90. The van der Waals surface area contributed by atoms with Crippen LogP contribution in [0, 0.1) is 5.92 Å². The van der Waals surface area contributed by atoms with Crippen molar-refractivity contribution in [3.8, 4) is 0 Å². The van der Waals surface area contributed by atoms with Crippen molar-refractivity contribution in [2.45, 2.75) is 39.7 Å². The molecule has 0 aromatic heterocycles. The van der Waals surface area contributed by atoms with E-state index in [0.29, 0.717) is 12.5 Å². The first-order valence-electron chi connectivity index (χ1n) is 4.59. The van der Waals surface area contributed by atoms with Crippen molar-refractivity contribution < 1.29 is 4.74 Å². The second-order valence-electron chi connectivity index (χ2n) is 2.90. The molecule has 0 saturated heterocycles. The van der Waals surface area contributed by atoms with Crippen LogP contribution < -0.4 is 5.73 Å². The molecule has 2 N–H and O–H groups in total. The summed E-state index contributed by atoms with van der Waals surface area (Å²) >= 11 is 0. The Labute approximate surface area is 70.1 Å². The Morgan fingerprint density at radius 2 is 1.73 bits per heavy atom. The fraction of sp³-hybridized carbons (Fsp3) is 1.00. The van der Waals surface area contributed by atoms with Crippen molar-refractivity contribution in [3.05, 3.63) is 0 Å². The van der Waals surface area contributed by atoms with Crippen LogP contribution in [0.25, 0.3) is 0 Å². The maximum absolute atomic E-state index is 5.90. The van der Waals surface area contributed by atoms with Crippen LogP contribution >= 0.6 is 0 Å². The second-order valence-corrected chi connectivity index (χ2v) is 2.90. The van der Waals surface area contributed by atoms with Crippen LogP contribution in [0.5, 0.6) is 0 Å². The summed E-state index contributed by atoms with van der Waals surface area (Å²) in [5.41, 5.74) is 5.90. The molecule has 0 aliphatic carbocycles. The summed E-state index contributed by atoms with van der Waals surface area (Å²) in [5, 5.41) is 0. The van der Waals surface area contributed by atoms with E-state index in [9.17, 15) is 0 Å². The van der Waals surface area contributed by atoms with Crippen LogP contribution in [0.15, 0.2) is 0 Å². The molecular formula is C9H21NO. The van der Waals surface area contributed by atoms with Crippen LogP contribution in [0.4, 0.5) is 0 Å². The molecule has 0 rings (SSSR count). The fourth-order valence-corrected chi connectivity index (χ4v) is 1.28. The van der Waals surface area contributed by atoms with Gasteiger partial charge in [-0.2, -0.15) is 0 Å². The molecule has 68 valence electrons. The van der Waals surface area contributed by atoms with Gasteiger partial charge in [0, 0.05) is 12.6 Å². The molecule has 0 radical (unpaired) electrons. The number of ether oxygens (including phenoxy) is 1. The molecule has 0 heterocycles. The number of hydrogen-bond acceptors (Lipinski definition) is 2. The molecule has 0 spiro atoms. The SMILES string of the molecule is CCOCC(N)C(CC)CC. The van der Waals surface area contributed by atoms with Crippen molar-refractivity contribution in [2.75, 3.05) is 13.2 Å². The van der Waals surface area contributed by atoms with Gasteiger partial charge in [-0.1, -0.05) is 26.7 Å². The van der Waals surface area contributed by atoms with Gasteiger partial charge >= 0.3 is 0 Å². The lowest BCUT2D eigenvalue weighted by Gasteiger charge is -2.20. The zero-order valence-electron chi connectivity index (χ0n) is 7.97. The fourth-order valence-electron chi connectivity index (χ4n) is 1.28. The maximum Gasteiger partial charge on any atom is 0.0620 e. The largest absolute Gasteiger partial charge is 0.380 e. The Hall–Kier alpha value is -0.0800. The molecular weight excluding hydrogens is 138 g/mol. The van der Waals surface area contributed by atoms with E-state index in [4.69, 9.17) is 10.5 Å². The first-order valence-corrected chi connectivity index (χ1v) is 4.59. The standard InChI is InChI=1S/C9H21NO/c1-4-8(5-2)9(10)7-11-6-3/h8-9H,4-7,10H2,1-3H3. The highest BCUT2D eigenvalue weighted by atomic mass is 16.5. The summed E-state index contributed by atoms with van der Waals surface area (Å²) in [6.45, 7) is 7.84. The Morgan fingerprint density at radius 1 is 1.18 bits per heavy atom. The van der Waals surface area contributed by atoms with Crippen LogP contribution in [0.1, 0.15) is 33.6 Å². The molecule has 0 saturated carbocycles. The summed E-state index contributed by atoms with van der Waals surface area (Å²) in [6, 6.07) is 0.227. The third kappa shape index (κ3) is 4.38. The predicted octanol–water partition coefficient (Wildman–Crippen LogP) is 1.79. The summed E-state index contributed by atoms with van der Waals surface area (Å²) in [6.07, 6.45) is 2.31. The second kappa shape index (κ2) is 6.62. The van der Waals surface area contributed by atoms with Crippen LogP contribution in [-0.4, -0.2) is 19.3 Å². The van der Waals surface area contributed by atoms with E-state index in [1.54, 1.807) is 0 Å². The van der Waals surface area contributed by atoms with Gasteiger partial charge in [0.2, 0.25) is 0 Å². The Kier molecular flexibility index (Phi) is 6.57. The van der Waals surface area contributed by atoms with E-state index < -0.39 is 0 Å². The third-order valence-corrected chi connectivity index (χ3v) is 2.17. The Bertz CT molecular complexity index is 81.6. The number of nitrogens with two attached hydrogens (primary N) is 1. The topological polar surface area (TPSA) is 35.2 Å². The van der Waals surface area contributed by atoms with Gasteiger partial charge in [-0.25, -0.2) is 0 Å². The molecule has 11 heavy (non-hydrogen) atoms. The van der Waals surface area contributed by atoms with Crippen LogP contribution in [0.2, 0.25) is 0 Å². The van der Waals surface area contributed by atoms with Gasteiger partial charge in [0.25, 0.3) is 0 Å². The lowest BCUT2D eigenvalue weighted by Crippen LogP contribution is -2.34. The number of hydrogen-bond donors (Lipinski definition) is 1. The minimum absolute atomic E-state index is 0.227. The molecule has 2 heteroatoms. The minimum atomic E-state index is 0.227. The predicted molar refractivity (Wildman–Crippen MR) is 48.5 cm³/mol. The smallest absolute Gasteiger partial charge is 0.0620 e. The third-order valence-electron chi connectivity index (χ3n) is 2.17. The highest BCUT2D eigenvalue weighted by Crippen LogP contribution is 2.11. The molecule has 0 aliphatic rings. The molecule has 0 amide bonds. The van der Waals surface area contributed by atoms with Gasteiger partial charge in [-0.3, -0.25) is 0 Å². The quantitative estimate of drug-likeness (QED) is 0.641. The highest BCUT2D eigenvalue weighted by molar-refractivity contribution is 4.69. The van der Waals surface area contributed by atoms with Crippen molar-refractivity contribution >= 4 is 0 Å². The average molecular weight is 159 g/mol. The van der Waals surface area contributed by atoms with Gasteiger partial charge in [-0.15, -0.1) is 0 Å². The van der Waals surface area contributed by atoms with Gasteiger partial charge in [0.1, 0.15) is 0 Å². The lowest BCUT2D eigenvalue weighted by atomic mass is 9.96. The van der Waals surface area contributed by atoms with E-state index in [0.717, 1.165) is 19.4 Å². The van der Waals surface area contributed by atoms with Gasteiger partial charge in [0.15, 0.2) is 0 Å². The highest BCUT2D eigenvalue weighted by Gasteiger charge is 2.12. The molecule has 0 aliphatic heterocycles. The van der Waals surface area contributed by atoms with Crippen molar-refractivity contribution in [1.29, 1.82) is 0 Å². The molecule has 0 bridgehead atoms. The molecule has 2 nitrogen and oxygen atoms in total. The number of rotatable bonds is 6. The molecule has 1 atom stereocenters. The van der Waals surface area contributed by atoms with E-state index in [1.165, 1.54) is 0 Å². The van der Waals surface area contributed by atoms with Crippen molar-refractivity contribution in [1.82, 2.24) is 0 Å². The van der Waals surface area contributed by atoms with E-state index >= 15 is 0 Å². The first kappa shape index (κ1) is 10.9. The van der Waals surface area contributed by atoms with Crippen molar-refractivity contribution in [3.63, 3.8) is 0 Å². The lowest BCUT2D eigenvalue weighted by molar-refractivity contribution is 0.114. The van der Waals surface area contributed by atoms with E-state index in [2.05, 4.69) is 13.8 Å². The summed E-state index contributed by atoms with van der Waals surface area (Å²) < 4.78 is 5.25. The zero-order chi connectivity index (χ0) is 8.69. The van der Waals surface area contributed by atoms with E-state index in [-0.39, 0.29) is 6.04 Å². The molecule has 0 aromatic carbocycles. The van der Waals surface area contributed by atoms with Gasteiger partial charge < -0.3 is 10.5 Å². The normalized spacial score (nSPS) is 13.9. The van der Waals surface area contributed by atoms with Crippen molar-refractivity contribution in [2.24, 2.45) is 11.7 Å². The summed E-state index contributed by atoms with van der Waals surface area (Å²) in [5.74, 6) is 0.626. The summed E-state index contributed by atoms with van der Waals surface area (Å²) in [4.78, 5) is 0. The molecule has 0 aromatic rings. The van der Waals surface area contributed by atoms with Crippen LogP contribution in [0.3, 0.4) is 0 Å². The molecule has 0 fully saturated rings. The first-order chi connectivity index (χ1) is 5.26. The molecule has 1 unspecified atom stereocenters. The minimum Gasteiger partial charge on any atom is -0.380 e. The summed E-state index contributed by atoms with van der Waals surface area (Å²) in [7, 11) is 0. The monoisotopic (exact) mass is 159 g/mol. The van der Waals surface area contributed by atoms with Gasteiger partial charge in [0.05, 0.1) is 6.61 Å². The van der Waals surface area contributed by atoms with Gasteiger partial charge in [-0.05, 0) is 12.8 Å². The average Bonchev–Trinajstić information content (AvgIpc) is 2.03. The zero-order valence-corrected chi connectivity index (χ0v) is 7.97.